The molecule has 0 radical (unpaired) electrons. The summed E-state index contributed by atoms with van der Waals surface area (Å²) in [5.74, 6) is -0.150. The molecule has 1 atom stereocenters. The highest BCUT2D eigenvalue weighted by Gasteiger charge is 2.28. The van der Waals surface area contributed by atoms with E-state index in [1.807, 2.05) is 0 Å². The second-order valence-electron chi connectivity index (χ2n) is 5.89. The molecule has 0 saturated carbocycles. The van der Waals surface area contributed by atoms with Crippen LogP contribution in [-0.2, 0) is 11.3 Å². The number of aromatic nitrogens is 3. The number of hydrogen-bond donors (Lipinski definition) is 3. The number of nitrogens with zero attached hydrogens (tertiary/aromatic N) is 2. The van der Waals surface area contributed by atoms with Crippen molar-refractivity contribution >= 4 is 5.91 Å². The summed E-state index contributed by atoms with van der Waals surface area (Å²) >= 11 is 0. The maximum atomic E-state index is 13.2. The molecule has 24 heavy (non-hydrogen) atoms. The quantitative estimate of drug-likeness (QED) is 0.763. The lowest BCUT2D eigenvalue weighted by atomic mass is 10.0. The minimum atomic E-state index is -0.475. The molecule has 2 heterocycles. The van der Waals surface area contributed by atoms with Crippen LogP contribution in [0.4, 0.5) is 4.39 Å². The van der Waals surface area contributed by atoms with E-state index in [2.05, 4.69) is 25.4 Å². The minimum absolute atomic E-state index is 0.128. The van der Waals surface area contributed by atoms with Crippen molar-refractivity contribution in [2.75, 3.05) is 13.1 Å². The molecule has 8 heteroatoms. The summed E-state index contributed by atoms with van der Waals surface area (Å²) in [6, 6.07) is 5.54. The SMILES string of the molecule is O=C(NCc1n[nH]c(=O)[nH]1)[C@@H](c1ccc(F)cc1)N1CCCCC1. The summed E-state index contributed by atoms with van der Waals surface area (Å²) in [6.45, 7) is 1.78. The summed E-state index contributed by atoms with van der Waals surface area (Å²) in [4.78, 5) is 28.4. The number of likely N-dealkylation sites (tertiary alicyclic amines) is 1. The normalized spacial score (nSPS) is 16.7. The first-order valence-corrected chi connectivity index (χ1v) is 8.04. The first-order valence-electron chi connectivity index (χ1n) is 8.04. The Balaban J connectivity index is 1.76. The van der Waals surface area contributed by atoms with Crippen molar-refractivity contribution in [1.29, 1.82) is 0 Å². The highest BCUT2D eigenvalue weighted by atomic mass is 19.1. The Morgan fingerprint density at radius 3 is 2.58 bits per heavy atom. The van der Waals surface area contributed by atoms with E-state index in [1.165, 1.54) is 12.1 Å². The van der Waals surface area contributed by atoms with E-state index in [-0.39, 0.29) is 18.3 Å². The van der Waals surface area contributed by atoms with Gasteiger partial charge in [0.25, 0.3) is 0 Å². The van der Waals surface area contributed by atoms with Gasteiger partial charge in [-0.1, -0.05) is 18.6 Å². The zero-order valence-electron chi connectivity index (χ0n) is 13.2. The van der Waals surface area contributed by atoms with Gasteiger partial charge in [-0.3, -0.25) is 14.7 Å². The van der Waals surface area contributed by atoms with Crippen LogP contribution >= 0.6 is 0 Å². The van der Waals surface area contributed by atoms with Crippen LogP contribution < -0.4 is 11.0 Å². The zero-order chi connectivity index (χ0) is 16.9. The molecule has 0 spiro atoms. The molecule has 1 aromatic heterocycles. The standard InChI is InChI=1S/C16H20FN5O2/c17-12-6-4-11(5-7-12)14(22-8-2-1-3-9-22)15(23)18-10-13-19-16(24)21-20-13/h4-7,14H,1-3,8-10H2,(H,18,23)(H2,19,20,21,24)/t14-/m1/s1. The summed E-state index contributed by atoms with van der Waals surface area (Å²) in [7, 11) is 0. The summed E-state index contributed by atoms with van der Waals surface area (Å²) < 4.78 is 13.2. The van der Waals surface area contributed by atoms with E-state index < -0.39 is 11.7 Å². The van der Waals surface area contributed by atoms with Crippen LogP contribution in [0.5, 0.6) is 0 Å². The Bertz CT molecular complexity index is 733. The van der Waals surface area contributed by atoms with Gasteiger partial charge in [0, 0.05) is 0 Å². The minimum Gasteiger partial charge on any atom is -0.347 e. The lowest BCUT2D eigenvalue weighted by Gasteiger charge is -2.33. The van der Waals surface area contributed by atoms with Crippen molar-refractivity contribution in [3.05, 3.63) is 52.0 Å². The molecule has 3 N–H and O–H groups in total. The molecule has 0 bridgehead atoms. The van der Waals surface area contributed by atoms with Crippen LogP contribution in [-0.4, -0.2) is 39.1 Å². The van der Waals surface area contributed by atoms with Crippen molar-refractivity contribution in [3.8, 4) is 0 Å². The Hall–Kier alpha value is -2.48. The molecule has 1 aliphatic rings. The van der Waals surface area contributed by atoms with Gasteiger partial charge in [-0.2, -0.15) is 5.10 Å². The maximum Gasteiger partial charge on any atom is 0.340 e. The number of hydrogen-bond acceptors (Lipinski definition) is 4. The topological polar surface area (TPSA) is 93.9 Å². The van der Waals surface area contributed by atoms with Gasteiger partial charge in [0.15, 0.2) is 0 Å². The molecule has 0 aliphatic carbocycles. The van der Waals surface area contributed by atoms with Crippen LogP contribution in [0.15, 0.2) is 29.1 Å². The predicted molar refractivity (Wildman–Crippen MR) is 85.6 cm³/mol. The maximum absolute atomic E-state index is 13.2. The van der Waals surface area contributed by atoms with Crippen molar-refractivity contribution in [1.82, 2.24) is 25.4 Å². The van der Waals surface area contributed by atoms with E-state index in [0.717, 1.165) is 37.9 Å². The van der Waals surface area contributed by atoms with Gasteiger partial charge in [-0.05, 0) is 43.6 Å². The average molecular weight is 333 g/mol. The van der Waals surface area contributed by atoms with Gasteiger partial charge in [0.05, 0.1) is 6.54 Å². The Kier molecular flexibility index (Phi) is 5.05. The number of carbonyl (C=O) groups excluding carboxylic acids is 1. The highest BCUT2D eigenvalue weighted by molar-refractivity contribution is 5.83. The van der Waals surface area contributed by atoms with Crippen LogP contribution in [0.3, 0.4) is 0 Å². The predicted octanol–water partition coefficient (Wildman–Crippen LogP) is 1.08. The second-order valence-corrected chi connectivity index (χ2v) is 5.89. The fourth-order valence-corrected chi connectivity index (χ4v) is 3.01. The van der Waals surface area contributed by atoms with Crippen molar-refractivity contribution in [3.63, 3.8) is 0 Å². The molecule has 2 aromatic rings. The summed E-state index contributed by atoms with van der Waals surface area (Å²) in [5.41, 5.74) is 0.344. The number of aromatic amines is 2. The molecular formula is C16H20FN5O2. The van der Waals surface area contributed by atoms with Crippen LogP contribution in [0.25, 0.3) is 0 Å². The fraction of sp³-hybridized carbons (Fsp3) is 0.438. The number of benzene rings is 1. The van der Waals surface area contributed by atoms with Crippen molar-refractivity contribution in [2.24, 2.45) is 0 Å². The van der Waals surface area contributed by atoms with Crippen LogP contribution in [0.1, 0.15) is 36.7 Å². The molecule has 1 amide bonds. The van der Waals surface area contributed by atoms with Crippen LogP contribution in [0, 0.1) is 5.82 Å². The molecule has 0 unspecified atom stereocenters. The summed E-state index contributed by atoms with van der Waals surface area (Å²) in [6.07, 6.45) is 3.23. The number of rotatable bonds is 5. The molecule has 1 aliphatic heterocycles. The number of H-pyrrole nitrogens is 2. The third-order valence-corrected chi connectivity index (χ3v) is 4.17. The highest BCUT2D eigenvalue weighted by Crippen LogP contribution is 2.25. The molecule has 3 rings (SSSR count). The first-order chi connectivity index (χ1) is 11.6. The van der Waals surface area contributed by atoms with Gasteiger partial charge < -0.3 is 5.32 Å². The summed E-state index contributed by atoms with van der Waals surface area (Å²) in [5, 5.41) is 8.83. The monoisotopic (exact) mass is 333 g/mol. The van der Waals surface area contributed by atoms with Gasteiger partial charge in [-0.25, -0.2) is 14.3 Å². The Morgan fingerprint density at radius 1 is 1.25 bits per heavy atom. The van der Waals surface area contributed by atoms with Gasteiger partial charge in [0.1, 0.15) is 17.7 Å². The molecule has 1 saturated heterocycles. The third-order valence-electron chi connectivity index (χ3n) is 4.17. The number of amides is 1. The van der Waals surface area contributed by atoms with E-state index in [1.54, 1.807) is 12.1 Å². The molecule has 128 valence electrons. The van der Waals surface area contributed by atoms with E-state index in [0.29, 0.717) is 5.82 Å². The fourth-order valence-electron chi connectivity index (χ4n) is 3.01. The first kappa shape index (κ1) is 16.4. The Morgan fingerprint density at radius 2 is 1.96 bits per heavy atom. The van der Waals surface area contributed by atoms with Gasteiger partial charge in [0.2, 0.25) is 5.91 Å². The lowest BCUT2D eigenvalue weighted by molar-refractivity contribution is -0.127. The molecule has 7 nitrogen and oxygen atoms in total. The molecule has 1 aromatic carbocycles. The Labute approximate surface area is 138 Å². The number of piperidine rings is 1. The second kappa shape index (κ2) is 7.39. The zero-order valence-corrected chi connectivity index (χ0v) is 13.2. The molecular weight excluding hydrogens is 313 g/mol. The van der Waals surface area contributed by atoms with Gasteiger partial charge >= 0.3 is 5.69 Å². The van der Waals surface area contributed by atoms with Crippen molar-refractivity contribution < 1.29 is 9.18 Å². The largest absolute Gasteiger partial charge is 0.347 e. The van der Waals surface area contributed by atoms with E-state index >= 15 is 0 Å². The third kappa shape index (κ3) is 3.88. The molecule has 1 fully saturated rings. The lowest BCUT2D eigenvalue weighted by Crippen LogP contribution is -2.42. The number of nitrogens with one attached hydrogen (secondary N) is 3. The van der Waals surface area contributed by atoms with Gasteiger partial charge in [-0.15, -0.1) is 0 Å². The van der Waals surface area contributed by atoms with E-state index in [4.69, 9.17) is 0 Å². The smallest absolute Gasteiger partial charge is 0.340 e. The van der Waals surface area contributed by atoms with E-state index in [9.17, 15) is 14.0 Å². The van der Waals surface area contributed by atoms with Crippen LogP contribution in [0.2, 0.25) is 0 Å². The average Bonchev–Trinajstić information content (AvgIpc) is 3.01. The number of carbonyl (C=O) groups is 1. The number of halogens is 1. The van der Waals surface area contributed by atoms with Crippen molar-refractivity contribution in [2.45, 2.75) is 31.8 Å².